The summed E-state index contributed by atoms with van der Waals surface area (Å²) in [6.45, 7) is 0.898. The number of nitro benzene ring substituents is 1. The Balaban J connectivity index is 0. The molecule has 1 saturated heterocycles. The number of carbonyl (C=O) groups is 2. The molecule has 1 fully saturated rings. The van der Waals surface area contributed by atoms with Crippen molar-refractivity contribution in [1.29, 1.82) is 0 Å². The van der Waals surface area contributed by atoms with Gasteiger partial charge in [0.15, 0.2) is 0 Å². The summed E-state index contributed by atoms with van der Waals surface area (Å²) in [5.41, 5.74) is 5.62. The topological polar surface area (TPSA) is 186 Å². The molecule has 3 N–H and O–H groups in total. The standard InChI is InChI=1S/C7H4ClNO4.C5H10N2O.HNO3.Y/c8-7(10)13-6-3-1-5(2-4-6)9(11)12;6-5(8)4-2-1-3-7-4;2-1(3)4;/h1-4H;4,7H,1-3H2,(H2,6,8);(H,2,3,4);/p-1. The van der Waals surface area contributed by atoms with Gasteiger partial charge in [-0.2, -0.15) is 0 Å². The molecule has 1 heterocycles. The van der Waals surface area contributed by atoms with Crippen molar-refractivity contribution in [2.45, 2.75) is 18.9 Å². The van der Waals surface area contributed by atoms with Crippen molar-refractivity contribution < 1.29 is 62.3 Å². The molecule has 1 atom stereocenters. The Labute approximate surface area is 177 Å². The number of nitrogens with one attached hydrogen (secondary N) is 2. The molecule has 0 aromatic heterocycles. The van der Waals surface area contributed by atoms with E-state index in [0.717, 1.165) is 19.4 Å². The van der Waals surface area contributed by atoms with Crippen LogP contribution in [0.5, 0.6) is 5.75 Å². The Kier molecular flexibility index (Phi) is 14.5. The van der Waals surface area contributed by atoms with Crippen LogP contribution in [0.25, 0.3) is 5.73 Å². The molecular formula is C12H14ClN4O8Y-. The molecule has 1 aliphatic rings. The maximum atomic E-state index is 10.3. The van der Waals surface area contributed by atoms with E-state index in [1.165, 1.54) is 24.3 Å². The number of ether oxygens (including phenoxy) is 1. The second-order valence-electron chi connectivity index (χ2n) is 4.34. The molecule has 0 bridgehead atoms. The van der Waals surface area contributed by atoms with Crippen LogP contribution in [0.4, 0.5) is 10.5 Å². The Hall–Kier alpha value is -1.89. The molecule has 0 spiro atoms. The molecule has 1 unspecified atom stereocenters. The van der Waals surface area contributed by atoms with Gasteiger partial charge < -0.3 is 25.8 Å². The van der Waals surface area contributed by atoms with Gasteiger partial charge in [0.05, 0.1) is 10.8 Å². The fraction of sp³-hybridized carbons (Fsp3) is 0.333. The molecule has 12 nitrogen and oxygen atoms in total. The molecule has 1 aromatic rings. The third kappa shape index (κ3) is 13.4. The Morgan fingerprint density at radius 2 is 1.77 bits per heavy atom. The first-order valence-corrected chi connectivity index (χ1v) is 6.95. The first-order valence-electron chi connectivity index (χ1n) is 6.57. The summed E-state index contributed by atoms with van der Waals surface area (Å²) in [6, 6.07) is 4.86. The number of halogens is 1. The monoisotopic (exact) mass is 466 g/mol. The van der Waals surface area contributed by atoms with Gasteiger partial charge in [0.1, 0.15) is 5.75 Å². The number of carbonyl (C=O) groups excluding carboxylic acids is 2. The van der Waals surface area contributed by atoms with Gasteiger partial charge in [-0.25, -0.2) is 4.79 Å². The molecule has 2 rings (SSSR count). The summed E-state index contributed by atoms with van der Waals surface area (Å²) in [5, 5.41) is 26.8. The number of nitrogens with zero attached hydrogens (tertiary/aromatic N) is 2. The van der Waals surface area contributed by atoms with Crippen molar-refractivity contribution in [3.05, 3.63) is 50.2 Å². The maximum Gasteiger partial charge on any atom is 0.409 e. The smallest absolute Gasteiger partial charge is 0.409 e. The van der Waals surface area contributed by atoms with Gasteiger partial charge in [0, 0.05) is 62.5 Å². The third-order valence-electron chi connectivity index (χ3n) is 2.62. The van der Waals surface area contributed by atoms with E-state index >= 15 is 0 Å². The van der Waals surface area contributed by atoms with E-state index in [1.54, 1.807) is 0 Å². The number of amides is 1. The molecule has 0 aliphatic carbocycles. The minimum atomic E-state index is -1.50. The van der Waals surface area contributed by atoms with Crippen LogP contribution in [0.15, 0.2) is 24.3 Å². The number of benzene rings is 1. The Morgan fingerprint density at radius 3 is 2.04 bits per heavy atom. The van der Waals surface area contributed by atoms with Crippen molar-refractivity contribution in [2.75, 3.05) is 6.54 Å². The number of hydrogen-bond donors (Lipinski definition) is 2. The van der Waals surface area contributed by atoms with E-state index in [9.17, 15) is 19.7 Å². The molecule has 0 saturated carbocycles. The van der Waals surface area contributed by atoms with Crippen LogP contribution in [0.2, 0.25) is 0 Å². The summed E-state index contributed by atoms with van der Waals surface area (Å²) in [5.74, 6) is -0.298. The largest absolute Gasteiger partial charge is 0.666 e. The van der Waals surface area contributed by atoms with E-state index in [0.29, 0.717) is 0 Å². The minimum absolute atomic E-state index is 0. The van der Waals surface area contributed by atoms with Crippen LogP contribution in [0, 0.1) is 20.2 Å². The molecule has 1 aliphatic heterocycles. The maximum absolute atomic E-state index is 10.3. The summed E-state index contributed by atoms with van der Waals surface area (Å²) < 4.78 is 4.45. The zero-order valence-electron chi connectivity index (χ0n) is 13.2. The van der Waals surface area contributed by atoms with Crippen LogP contribution in [-0.4, -0.2) is 39.1 Å². The Bertz CT molecular complexity index is 606. The van der Waals surface area contributed by atoms with E-state index in [2.05, 4.69) is 10.1 Å². The summed E-state index contributed by atoms with van der Waals surface area (Å²) in [4.78, 5) is 38.5. The zero-order chi connectivity index (χ0) is 19.4. The zero-order valence-corrected chi connectivity index (χ0v) is 16.8. The van der Waals surface area contributed by atoms with Gasteiger partial charge in [-0.15, -0.1) is 10.1 Å². The average molecular weight is 467 g/mol. The van der Waals surface area contributed by atoms with Crippen LogP contribution in [-0.2, 0) is 37.5 Å². The van der Waals surface area contributed by atoms with Crippen LogP contribution in [0.1, 0.15) is 12.8 Å². The van der Waals surface area contributed by atoms with Gasteiger partial charge in [-0.05, 0) is 31.5 Å². The number of non-ortho nitro benzene ring substituents is 1. The molecule has 1 amide bonds. The van der Waals surface area contributed by atoms with Crippen LogP contribution in [0.3, 0.4) is 0 Å². The van der Waals surface area contributed by atoms with Crippen LogP contribution >= 0.6 is 11.6 Å². The van der Waals surface area contributed by atoms with Crippen molar-refractivity contribution in [1.82, 2.24) is 5.32 Å². The molecule has 14 heteroatoms. The fourth-order valence-electron chi connectivity index (χ4n) is 1.64. The molecule has 1 radical (unpaired) electrons. The van der Waals surface area contributed by atoms with E-state index in [-0.39, 0.29) is 50.2 Å². The van der Waals surface area contributed by atoms with Crippen molar-refractivity contribution in [2.24, 2.45) is 0 Å². The Morgan fingerprint density at radius 1 is 1.27 bits per heavy atom. The van der Waals surface area contributed by atoms with Gasteiger partial charge in [-0.1, -0.05) is 0 Å². The fourth-order valence-corrected chi connectivity index (χ4v) is 1.73. The second-order valence-corrected chi connectivity index (χ2v) is 4.65. The molecular weight excluding hydrogens is 453 g/mol. The predicted octanol–water partition coefficient (Wildman–Crippen LogP) is 2.30. The van der Waals surface area contributed by atoms with Gasteiger partial charge in [0.25, 0.3) is 10.8 Å². The summed E-state index contributed by atoms with van der Waals surface area (Å²) in [6.07, 6.45) is 1.89. The molecule has 141 valence electrons. The molecule has 1 aromatic carbocycles. The molecule has 26 heavy (non-hydrogen) atoms. The summed E-state index contributed by atoms with van der Waals surface area (Å²) >= 11 is 4.92. The first kappa shape index (κ1) is 26.3. The number of rotatable bonds is 3. The van der Waals surface area contributed by atoms with E-state index in [4.69, 9.17) is 32.7 Å². The number of nitro groups is 1. The van der Waals surface area contributed by atoms with Crippen molar-refractivity contribution in [3.63, 3.8) is 0 Å². The minimum Gasteiger partial charge on any atom is -0.666 e. The third-order valence-corrected chi connectivity index (χ3v) is 2.70. The average Bonchev–Trinajstić information content (AvgIpc) is 3.01. The van der Waals surface area contributed by atoms with Crippen molar-refractivity contribution >= 4 is 28.6 Å². The SMILES string of the molecule is O=C(Cl)Oc1ccc([N+](=O)[O-])cc1.O=[N+]([O-])O.[NH-]C(=O)C1CCCN1.[Y]. The first-order chi connectivity index (χ1) is 11.6. The van der Waals surface area contributed by atoms with Crippen molar-refractivity contribution in [3.8, 4) is 5.75 Å². The van der Waals surface area contributed by atoms with Gasteiger partial charge in [0.2, 0.25) is 0 Å². The van der Waals surface area contributed by atoms with Gasteiger partial charge in [-0.3, -0.25) is 10.1 Å². The number of hydrogen-bond acceptors (Lipinski definition) is 8. The normalized spacial score (nSPS) is 14.3. The second kappa shape index (κ2) is 14.3. The van der Waals surface area contributed by atoms with Crippen LogP contribution < -0.4 is 10.1 Å². The van der Waals surface area contributed by atoms with E-state index < -0.39 is 21.3 Å². The quantitative estimate of drug-likeness (QED) is 0.383. The van der Waals surface area contributed by atoms with E-state index in [1.807, 2.05) is 0 Å². The van der Waals surface area contributed by atoms with Gasteiger partial charge >= 0.3 is 5.43 Å². The predicted molar refractivity (Wildman–Crippen MR) is 84.1 cm³/mol. The summed E-state index contributed by atoms with van der Waals surface area (Å²) in [7, 11) is 0.